The molecule has 0 saturated carbocycles. The smallest absolute Gasteiger partial charge is 0.165 e. The van der Waals surface area contributed by atoms with E-state index >= 15 is 0 Å². The van der Waals surface area contributed by atoms with E-state index in [4.69, 9.17) is 16.3 Å². The molecule has 0 fully saturated rings. The van der Waals surface area contributed by atoms with Gasteiger partial charge < -0.3 is 4.74 Å². The molecule has 0 N–H and O–H groups in total. The van der Waals surface area contributed by atoms with Crippen LogP contribution in [-0.4, -0.2) is 25.7 Å². The summed E-state index contributed by atoms with van der Waals surface area (Å²) >= 11 is 5.73. The van der Waals surface area contributed by atoms with Crippen molar-refractivity contribution in [3.8, 4) is 0 Å². The van der Waals surface area contributed by atoms with Crippen molar-refractivity contribution in [2.45, 2.75) is 26.6 Å². The van der Waals surface area contributed by atoms with E-state index in [0.717, 1.165) is 5.82 Å². The van der Waals surface area contributed by atoms with Crippen LogP contribution in [0.4, 0.5) is 0 Å². The number of aromatic nitrogens is 4. The van der Waals surface area contributed by atoms with Crippen LogP contribution in [0.1, 0.15) is 19.7 Å². The molecule has 0 aliphatic carbocycles. The minimum atomic E-state index is 0.164. The van der Waals surface area contributed by atoms with Crippen molar-refractivity contribution >= 4 is 17.2 Å². The monoisotopic (exact) mass is 226 g/mol. The molecule has 6 heteroatoms. The number of nitrogens with zero attached hydrogens (tertiary/aromatic N) is 4. The second-order valence-electron chi connectivity index (χ2n) is 3.42. The summed E-state index contributed by atoms with van der Waals surface area (Å²) in [6, 6.07) is 1.66. The molecule has 0 aliphatic heterocycles. The van der Waals surface area contributed by atoms with E-state index < -0.39 is 0 Å². The van der Waals surface area contributed by atoms with Gasteiger partial charge in [0.05, 0.1) is 6.10 Å². The molecule has 0 aromatic carbocycles. The van der Waals surface area contributed by atoms with Crippen LogP contribution in [0.3, 0.4) is 0 Å². The number of ether oxygens (including phenoxy) is 1. The third kappa shape index (κ3) is 2.24. The lowest BCUT2D eigenvalue weighted by molar-refractivity contribution is 0.0607. The average Bonchev–Trinajstić information content (AvgIpc) is 2.57. The summed E-state index contributed by atoms with van der Waals surface area (Å²) in [6.45, 7) is 4.36. The molecule has 2 aromatic heterocycles. The summed E-state index contributed by atoms with van der Waals surface area (Å²) in [5, 5.41) is 8.37. The number of hydrogen-bond acceptors (Lipinski definition) is 4. The minimum absolute atomic E-state index is 0.164. The molecule has 0 radical (unpaired) electrons. The van der Waals surface area contributed by atoms with E-state index in [1.54, 1.807) is 16.8 Å². The van der Waals surface area contributed by atoms with Crippen LogP contribution in [0.25, 0.3) is 5.65 Å². The Kier molecular flexibility index (Phi) is 2.83. The Morgan fingerprint density at radius 3 is 3.00 bits per heavy atom. The first-order valence-corrected chi connectivity index (χ1v) is 5.01. The summed E-state index contributed by atoms with van der Waals surface area (Å²) in [7, 11) is 0. The lowest BCUT2D eigenvalue weighted by Crippen LogP contribution is -2.05. The van der Waals surface area contributed by atoms with Gasteiger partial charge in [0.1, 0.15) is 18.1 Å². The number of halogens is 1. The molecule has 80 valence electrons. The first-order valence-electron chi connectivity index (χ1n) is 4.63. The lowest BCUT2D eigenvalue weighted by atomic mass is 10.5. The molecular weight excluding hydrogens is 216 g/mol. The van der Waals surface area contributed by atoms with E-state index in [1.165, 1.54) is 0 Å². The van der Waals surface area contributed by atoms with Crippen LogP contribution in [0.5, 0.6) is 0 Å². The average molecular weight is 227 g/mol. The summed E-state index contributed by atoms with van der Waals surface area (Å²) < 4.78 is 7.20. The van der Waals surface area contributed by atoms with Crippen molar-refractivity contribution in [2.75, 3.05) is 0 Å². The first kappa shape index (κ1) is 10.3. The minimum Gasteiger partial charge on any atom is -0.371 e. The fourth-order valence-electron chi connectivity index (χ4n) is 1.16. The standard InChI is InChI=1S/C9H11ClN4O/c1-6(2)15-4-9-13-12-8-3-7(10)11-5-14(8)9/h3,5-6H,4H2,1-2H3. The second-order valence-corrected chi connectivity index (χ2v) is 3.80. The predicted molar refractivity (Wildman–Crippen MR) is 55.7 cm³/mol. The van der Waals surface area contributed by atoms with Crippen LogP contribution >= 0.6 is 11.6 Å². The third-order valence-corrected chi connectivity index (χ3v) is 2.09. The topological polar surface area (TPSA) is 52.3 Å². The van der Waals surface area contributed by atoms with Crippen LogP contribution in [0.15, 0.2) is 12.4 Å². The Labute approximate surface area is 92.1 Å². The van der Waals surface area contributed by atoms with Crippen molar-refractivity contribution in [1.29, 1.82) is 0 Å². The van der Waals surface area contributed by atoms with Crippen molar-refractivity contribution in [1.82, 2.24) is 19.6 Å². The highest BCUT2D eigenvalue weighted by atomic mass is 35.5. The molecule has 0 amide bonds. The summed E-state index contributed by atoms with van der Waals surface area (Å²) in [5.74, 6) is 0.725. The maximum absolute atomic E-state index is 5.73. The van der Waals surface area contributed by atoms with Gasteiger partial charge in [0.2, 0.25) is 0 Å². The molecule has 2 aromatic rings. The fourth-order valence-corrected chi connectivity index (χ4v) is 1.30. The number of hydrogen-bond donors (Lipinski definition) is 0. The molecule has 0 atom stereocenters. The van der Waals surface area contributed by atoms with Gasteiger partial charge in [-0.1, -0.05) is 11.6 Å². The summed E-state index contributed by atoms with van der Waals surface area (Å²) in [5.41, 5.74) is 0.678. The Bertz CT molecular complexity index is 468. The molecule has 2 rings (SSSR count). The van der Waals surface area contributed by atoms with Gasteiger partial charge in [-0.05, 0) is 13.8 Å². The zero-order chi connectivity index (χ0) is 10.8. The van der Waals surface area contributed by atoms with E-state index in [0.29, 0.717) is 17.4 Å². The van der Waals surface area contributed by atoms with Gasteiger partial charge in [0, 0.05) is 6.07 Å². The highest BCUT2D eigenvalue weighted by molar-refractivity contribution is 6.29. The van der Waals surface area contributed by atoms with Crippen LogP contribution in [0, 0.1) is 0 Å². The van der Waals surface area contributed by atoms with Gasteiger partial charge in [-0.15, -0.1) is 10.2 Å². The Morgan fingerprint density at radius 1 is 1.47 bits per heavy atom. The molecule has 0 saturated heterocycles. The molecule has 2 heterocycles. The maximum Gasteiger partial charge on any atom is 0.165 e. The van der Waals surface area contributed by atoms with Crippen LogP contribution in [0.2, 0.25) is 5.15 Å². The normalized spacial score (nSPS) is 11.5. The zero-order valence-electron chi connectivity index (χ0n) is 8.51. The van der Waals surface area contributed by atoms with Crippen molar-refractivity contribution in [3.63, 3.8) is 0 Å². The van der Waals surface area contributed by atoms with Gasteiger partial charge in [-0.3, -0.25) is 4.40 Å². The van der Waals surface area contributed by atoms with Crippen molar-refractivity contribution < 1.29 is 4.74 Å². The van der Waals surface area contributed by atoms with Gasteiger partial charge >= 0.3 is 0 Å². The second kappa shape index (κ2) is 4.12. The van der Waals surface area contributed by atoms with E-state index in [9.17, 15) is 0 Å². The number of rotatable bonds is 3. The molecule has 0 spiro atoms. The van der Waals surface area contributed by atoms with Gasteiger partial charge in [-0.2, -0.15) is 0 Å². The molecule has 15 heavy (non-hydrogen) atoms. The fraction of sp³-hybridized carbons (Fsp3) is 0.444. The van der Waals surface area contributed by atoms with E-state index in [-0.39, 0.29) is 6.10 Å². The first-order chi connectivity index (χ1) is 7.16. The van der Waals surface area contributed by atoms with E-state index in [1.807, 2.05) is 13.8 Å². The summed E-state index contributed by atoms with van der Waals surface area (Å²) in [4.78, 5) is 3.96. The predicted octanol–water partition coefficient (Wildman–Crippen LogP) is 1.70. The van der Waals surface area contributed by atoms with Crippen molar-refractivity contribution in [2.24, 2.45) is 0 Å². The lowest BCUT2D eigenvalue weighted by Gasteiger charge is -2.05. The van der Waals surface area contributed by atoms with Crippen LogP contribution in [-0.2, 0) is 11.3 Å². The molecule has 0 bridgehead atoms. The van der Waals surface area contributed by atoms with Gasteiger partial charge in [0.15, 0.2) is 11.5 Å². The van der Waals surface area contributed by atoms with Crippen molar-refractivity contribution in [3.05, 3.63) is 23.4 Å². The Balaban J connectivity index is 2.29. The van der Waals surface area contributed by atoms with Crippen LogP contribution < -0.4 is 0 Å². The highest BCUT2D eigenvalue weighted by Gasteiger charge is 2.06. The van der Waals surface area contributed by atoms with Gasteiger partial charge in [0.25, 0.3) is 0 Å². The largest absolute Gasteiger partial charge is 0.371 e. The molecule has 5 nitrogen and oxygen atoms in total. The van der Waals surface area contributed by atoms with Gasteiger partial charge in [-0.25, -0.2) is 4.98 Å². The molecule has 0 unspecified atom stereocenters. The highest BCUT2D eigenvalue weighted by Crippen LogP contribution is 2.09. The Morgan fingerprint density at radius 2 is 2.27 bits per heavy atom. The molecular formula is C9H11ClN4O. The maximum atomic E-state index is 5.73. The Hall–Kier alpha value is -1.20. The van der Waals surface area contributed by atoms with E-state index in [2.05, 4.69) is 15.2 Å². The zero-order valence-corrected chi connectivity index (χ0v) is 9.27. The number of fused-ring (bicyclic) bond motifs is 1. The quantitative estimate of drug-likeness (QED) is 0.748. The summed E-state index contributed by atoms with van der Waals surface area (Å²) in [6.07, 6.45) is 1.76. The third-order valence-electron chi connectivity index (χ3n) is 1.88. The molecule has 0 aliphatic rings. The SMILES string of the molecule is CC(C)OCc1nnc2cc(Cl)ncn12.